The SMILES string of the molecule is Oc1ccccc1-c1cc2ccc(-c3ccnnn3)cc2nn1. The normalized spacial score (nSPS) is 10.8. The van der Waals surface area contributed by atoms with E-state index in [1.54, 1.807) is 24.4 Å². The van der Waals surface area contributed by atoms with Crippen LogP contribution in [-0.2, 0) is 0 Å². The highest BCUT2D eigenvalue weighted by Gasteiger charge is 2.08. The van der Waals surface area contributed by atoms with Gasteiger partial charge in [0, 0.05) is 16.5 Å². The van der Waals surface area contributed by atoms with Gasteiger partial charge in [-0.15, -0.1) is 20.4 Å². The highest BCUT2D eigenvalue weighted by Crippen LogP contribution is 2.29. The van der Waals surface area contributed by atoms with Gasteiger partial charge in [-0.3, -0.25) is 0 Å². The molecule has 0 aliphatic carbocycles. The van der Waals surface area contributed by atoms with Gasteiger partial charge in [0.2, 0.25) is 0 Å². The number of phenolic OH excluding ortho intramolecular Hbond substituents is 1. The van der Waals surface area contributed by atoms with E-state index in [-0.39, 0.29) is 5.75 Å². The van der Waals surface area contributed by atoms with Crippen LogP contribution in [0, 0.1) is 0 Å². The summed E-state index contributed by atoms with van der Waals surface area (Å²) in [5, 5.41) is 30.7. The molecule has 0 bridgehead atoms. The summed E-state index contributed by atoms with van der Waals surface area (Å²) in [6.45, 7) is 0. The molecule has 0 amide bonds. The smallest absolute Gasteiger partial charge is 0.125 e. The van der Waals surface area contributed by atoms with Crippen molar-refractivity contribution in [3.63, 3.8) is 0 Å². The minimum atomic E-state index is 0.185. The highest BCUT2D eigenvalue weighted by atomic mass is 16.3. The number of hydrogen-bond acceptors (Lipinski definition) is 6. The second-order valence-corrected chi connectivity index (χ2v) is 5.03. The molecule has 4 aromatic rings. The Morgan fingerprint density at radius 1 is 0.783 bits per heavy atom. The zero-order valence-electron chi connectivity index (χ0n) is 12.0. The number of nitrogens with zero attached hydrogens (tertiary/aromatic N) is 5. The van der Waals surface area contributed by atoms with Crippen LogP contribution in [0.1, 0.15) is 0 Å². The van der Waals surface area contributed by atoms with Gasteiger partial charge in [-0.1, -0.05) is 24.3 Å². The molecule has 0 aliphatic rings. The molecule has 2 aromatic carbocycles. The van der Waals surface area contributed by atoms with E-state index in [9.17, 15) is 5.11 Å². The molecular weight excluding hydrogens is 290 g/mol. The van der Waals surface area contributed by atoms with E-state index in [2.05, 4.69) is 25.6 Å². The standard InChI is InChI=1S/C17H11N5O/c23-17-4-2-1-3-13(17)16-10-12-6-5-11(9-15(12)19-20-16)14-7-8-18-22-21-14/h1-10,23H. The molecule has 2 aromatic heterocycles. The molecule has 0 atom stereocenters. The summed E-state index contributed by atoms with van der Waals surface area (Å²) >= 11 is 0. The molecule has 110 valence electrons. The van der Waals surface area contributed by atoms with Crippen molar-refractivity contribution >= 4 is 10.9 Å². The van der Waals surface area contributed by atoms with Crippen LogP contribution >= 0.6 is 0 Å². The molecule has 0 unspecified atom stereocenters. The second kappa shape index (κ2) is 5.42. The predicted molar refractivity (Wildman–Crippen MR) is 85.5 cm³/mol. The lowest BCUT2D eigenvalue weighted by molar-refractivity contribution is 0.477. The topological polar surface area (TPSA) is 84.7 Å². The third-order valence-corrected chi connectivity index (χ3v) is 3.57. The zero-order valence-corrected chi connectivity index (χ0v) is 12.0. The van der Waals surface area contributed by atoms with Crippen molar-refractivity contribution < 1.29 is 5.11 Å². The van der Waals surface area contributed by atoms with Crippen LogP contribution in [0.15, 0.2) is 60.8 Å². The summed E-state index contributed by atoms with van der Waals surface area (Å²) in [6.07, 6.45) is 1.60. The van der Waals surface area contributed by atoms with E-state index in [4.69, 9.17) is 0 Å². The van der Waals surface area contributed by atoms with E-state index >= 15 is 0 Å². The largest absolute Gasteiger partial charge is 0.507 e. The van der Waals surface area contributed by atoms with Gasteiger partial charge >= 0.3 is 0 Å². The highest BCUT2D eigenvalue weighted by molar-refractivity contribution is 5.86. The Kier molecular flexibility index (Phi) is 3.12. The molecule has 6 heteroatoms. The van der Waals surface area contributed by atoms with Gasteiger partial charge < -0.3 is 5.11 Å². The van der Waals surface area contributed by atoms with Crippen molar-refractivity contribution in [2.24, 2.45) is 0 Å². The molecule has 0 radical (unpaired) electrons. The number of aromatic nitrogens is 5. The van der Waals surface area contributed by atoms with Crippen LogP contribution in [0.5, 0.6) is 5.75 Å². The van der Waals surface area contributed by atoms with Crippen LogP contribution in [0.3, 0.4) is 0 Å². The third-order valence-electron chi connectivity index (χ3n) is 3.57. The third kappa shape index (κ3) is 2.46. The van der Waals surface area contributed by atoms with Crippen molar-refractivity contribution in [3.8, 4) is 28.3 Å². The van der Waals surface area contributed by atoms with Crippen molar-refractivity contribution in [3.05, 3.63) is 60.8 Å². The first-order valence-corrected chi connectivity index (χ1v) is 7.02. The van der Waals surface area contributed by atoms with Crippen molar-refractivity contribution in [2.45, 2.75) is 0 Å². The van der Waals surface area contributed by atoms with Gasteiger partial charge in [0.05, 0.1) is 23.1 Å². The van der Waals surface area contributed by atoms with Crippen LogP contribution in [0.25, 0.3) is 33.4 Å². The van der Waals surface area contributed by atoms with Gasteiger partial charge in [0.1, 0.15) is 5.75 Å². The number of rotatable bonds is 2. The lowest BCUT2D eigenvalue weighted by atomic mass is 10.1. The fourth-order valence-electron chi connectivity index (χ4n) is 2.41. The summed E-state index contributed by atoms with van der Waals surface area (Å²) in [6, 6.07) is 16.6. The summed E-state index contributed by atoms with van der Waals surface area (Å²) in [5.74, 6) is 0.185. The minimum absolute atomic E-state index is 0.185. The fourth-order valence-corrected chi connectivity index (χ4v) is 2.41. The second-order valence-electron chi connectivity index (χ2n) is 5.03. The average Bonchev–Trinajstić information content (AvgIpc) is 2.62. The summed E-state index contributed by atoms with van der Waals surface area (Å²) in [4.78, 5) is 0. The summed E-state index contributed by atoms with van der Waals surface area (Å²) < 4.78 is 0. The Balaban J connectivity index is 1.81. The fraction of sp³-hybridized carbons (Fsp3) is 0. The van der Waals surface area contributed by atoms with Crippen LogP contribution in [0.2, 0.25) is 0 Å². The van der Waals surface area contributed by atoms with Crippen LogP contribution < -0.4 is 0 Å². The Morgan fingerprint density at radius 2 is 1.70 bits per heavy atom. The molecule has 0 saturated heterocycles. The van der Waals surface area contributed by atoms with Gasteiger partial charge in [-0.2, -0.15) is 0 Å². The first-order chi connectivity index (χ1) is 11.3. The molecular formula is C17H11N5O. The Hall–Kier alpha value is -3.41. The first kappa shape index (κ1) is 13.3. The molecule has 0 spiro atoms. The van der Waals surface area contributed by atoms with Crippen LogP contribution in [-0.4, -0.2) is 30.7 Å². The van der Waals surface area contributed by atoms with Gasteiger partial charge in [0.25, 0.3) is 0 Å². The number of phenols is 1. The lowest BCUT2D eigenvalue weighted by Gasteiger charge is -2.05. The molecule has 23 heavy (non-hydrogen) atoms. The molecule has 2 heterocycles. The van der Waals surface area contributed by atoms with E-state index in [0.29, 0.717) is 11.3 Å². The molecule has 4 rings (SSSR count). The quantitative estimate of drug-likeness (QED) is 0.613. The summed E-state index contributed by atoms with van der Waals surface area (Å²) in [5.41, 5.74) is 3.67. The number of fused-ring (bicyclic) bond motifs is 1. The van der Waals surface area contributed by atoms with Crippen molar-refractivity contribution in [1.29, 1.82) is 0 Å². The molecule has 0 saturated carbocycles. The Bertz CT molecular complexity index is 988. The van der Waals surface area contributed by atoms with E-state index < -0.39 is 0 Å². The Morgan fingerprint density at radius 3 is 2.52 bits per heavy atom. The number of hydrogen-bond donors (Lipinski definition) is 1. The van der Waals surface area contributed by atoms with Crippen molar-refractivity contribution in [2.75, 3.05) is 0 Å². The molecule has 6 nitrogen and oxygen atoms in total. The minimum Gasteiger partial charge on any atom is -0.507 e. The first-order valence-electron chi connectivity index (χ1n) is 7.02. The van der Waals surface area contributed by atoms with Gasteiger partial charge in [-0.25, -0.2) is 0 Å². The lowest BCUT2D eigenvalue weighted by Crippen LogP contribution is -1.92. The molecule has 0 aliphatic heterocycles. The maximum atomic E-state index is 9.94. The monoisotopic (exact) mass is 301 g/mol. The number of para-hydroxylation sites is 1. The maximum Gasteiger partial charge on any atom is 0.125 e. The van der Waals surface area contributed by atoms with Crippen LogP contribution in [0.4, 0.5) is 0 Å². The number of aromatic hydroxyl groups is 1. The predicted octanol–water partition coefficient (Wildman–Crippen LogP) is 2.85. The van der Waals surface area contributed by atoms with Gasteiger partial charge in [-0.05, 0) is 35.5 Å². The zero-order chi connectivity index (χ0) is 15.6. The van der Waals surface area contributed by atoms with E-state index in [1.807, 2.05) is 36.4 Å². The average molecular weight is 301 g/mol. The van der Waals surface area contributed by atoms with Crippen molar-refractivity contribution in [1.82, 2.24) is 25.6 Å². The van der Waals surface area contributed by atoms with E-state index in [0.717, 1.165) is 22.2 Å². The van der Waals surface area contributed by atoms with E-state index in [1.165, 1.54) is 0 Å². The Labute approximate surface area is 131 Å². The number of benzene rings is 2. The summed E-state index contributed by atoms with van der Waals surface area (Å²) in [7, 11) is 0. The van der Waals surface area contributed by atoms with Gasteiger partial charge in [0.15, 0.2) is 0 Å². The molecule has 0 fully saturated rings. The maximum absolute atomic E-state index is 9.94. The molecule has 1 N–H and O–H groups in total.